The molecule has 4 rings (SSSR count). The van der Waals surface area contributed by atoms with Gasteiger partial charge in [0.1, 0.15) is 0 Å². The van der Waals surface area contributed by atoms with E-state index >= 15 is 0 Å². The van der Waals surface area contributed by atoms with E-state index in [0.29, 0.717) is 6.54 Å². The van der Waals surface area contributed by atoms with Crippen LogP contribution in [0.4, 0.5) is 5.69 Å². The second kappa shape index (κ2) is 14.0. The highest BCUT2D eigenvalue weighted by atomic mass is 16.5. The van der Waals surface area contributed by atoms with Crippen LogP contribution in [0.15, 0.2) is 96.6 Å². The number of aromatic nitrogens is 1. The Hall–Kier alpha value is -3.74. The molecule has 6 heteroatoms. The molecule has 0 radical (unpaired) electrons. The maximum Gasteiger partial charge on any atom is 0.0594 e. The van der Waals surface area contributed by atoms with Crippen molar-refractivity contribution in [1.82, 2.24) is 9.88 Å². The number of nitrogens with zero attached hydrogens (tertiary/aromatic N) is 3. The maximum absolute atomic E-state index is 5.98. The molecule has 36 heavy (non-hydrogen) atoms. The van der Waals surface area contributed by atoms with Gasteiger partial charge in [0.05, 0.1) is 13.2 Å². The molecule has 1 aromatic carbocycles. The Morgan fingerprint density at radius 1 is 1.11 bits per heavy atom. The first-order chi connectivity index (χ1) is 17.8. The van der Waals surface area contributed by atoms with Crippen LogP contribution in [-0.2, 0) is 11.3 Å². The minimum atomic E-state index is 0.284. The van der Waals surface area contributed by atoms with Gasteiger partial charge in [0.15, 0.2) is 0 Å². The third-order valence-electron chi connectivity index (χ3n) is 6.13. The monoisotopic (exact) mass is 481 g/mol. The van der Waals surface area contributed by atoms with E-state index < -0.39 is 0 Å². The van der Waals surface area contributed by atoms with Gasteiger partial charge in [0, 0.05) is 79.9 Å². The number of pyridine rings is 1. The zero-order valence-electron chi connectivity index (χ0n) is 20.7. The van der Waals surface area contributed by atoms with E-state index in [9.17, 15) is 0 Å². The fraction of sp³-hybridized carbons (Fsp3) is 0.267. The first-order valence-electron chi connectivity index (χ1n) is 12.5. The summed E-state index contributed by atoms with van der Waals surface area (Å²) in [4.78, 5) is 11.4. The van der Waals surface area contributed by atoms with Crippen molar-refractivity contribution in [2.75, 3.05) is 38.2 Å². The zero-order valence-corrected chi connectivity index (χ0v) is 20.7. The van der Waals surface area contributed by atoms with Gasteiger partial charge < -0.3 is 15.8 Å². The van der Waals surface area contributed by atoms with Gasteiger partial charge in [-0.05, 0) is 41.8 Å². The number of anilines is 1. The number of rotatable bonds is 9. The number of allylic oxidation sites excluding steroid dienone is 5. The van der Waals surface area contributed by atoms with Crippen LogP contribution < -0.4 is 11.1 Å². The number of morpholine rings is 1. The predicted molar refractivity (Wildman–Crippen MR) is 150 cm³/mol. The summed E-state index contributed by atoms with van der Waals surface area (Å²) in [5.41, 5.74) is 11.1. The van der Waals surface area contributed by atoms with Gasteiger partial charge in [-0.25, -0.2) is 0 Å². The van der Waals surface area contributed by atoms with E-state index in [1.165, 1.54) is 5.56 Å². The highest BCUT2D eigenvalue weighted by Gasteiger charge is 2.10. The Morgan fingerprint density at radius 2 is 1.97 bits per heavy atom. The van der Waals surface area contributed by atoms with Gasteiger partial charge in [-0.2, -0.15) is 0 Å². The molecule has 6 nitrogen and oxygen atoms in total. The molecule has 2 aromatic rings. The van der Waals surface area contributed by atoms with Crippen molar-refractivity contribution in [2.24, 2.45) is 16.6 Å². The largest absolute Gasteiger partial charge is 0.404 e. The van der Waals surface area contributed by atoms with Crippen molar-refractivity contribution < 1.29 is 4.74 Å². The summed E-state index contributed by atoms with van der Waals surface area (Å²) >= 11 is 0. The number of hydrogen-bond donors (Lipinski definition) is 2. The van der Waals surface area contributed by atoms with Gasteiger partial charge in [-0.1, -0.05) is 48.6 Å². The second-order valence-electron chi connectivity index (χ2n) is 8.78. The molecule has 1 unspecified atom stereocenters. The SMILES string of the molecule is NC=C(C=NCC1C=C/C=C\CC=C1)c1ccncc1/C=C/Nc1ccc(CN2CCOCC2)cc1. The van der Waals surface area contributed by atoms with E-state index in [1.54, 1.807) is 12.4 Å². The van der Waals surface area contributed by atoms with Gasteiger partial charge in [-0.3, -0.25) is 14.9 Å². The topological polar surface area (TPSA) is 75.8 Å². The van der Waals surface area contributed by atoms with E-state index in [4.69, 9.17) is 10.5 Å². The molecule has 0 saturated carbocycles. The summed E-state index contributed by atoms with van der Waals surface area (Å²) in [6.07, 6.45) is 24.8. The van der Waals surface area contributed by atoms with Crippen molar-refractivity contribution in [3.05, 3.63) is 108 Å². The van der Waals surface area contributed by atoms with Crippen LogP contribution in [0.2, 0.25) is 0 Å². The van der Waals surface area contributed by atoms with Crippen molar-refractivity contribution in [3.63, 3.8) is 0 Å². The molecular formula is C30H35N5O. The number of hydrogen-bond acceptors (Lipinski definition) is 6. The lowest BCUT2D eigenvalue weighted by Crippen LogP contribution is -2.35. The van der Waals surface area contributed by atoms with Crippen molar-refractivity contribution in [2.45, 2.75) is 13.0 Å². The van der Waals surface area contributed by atoms with Crippen molar-refractivity contribution in [3.8, 4) is 0 Å². The minimum absolute atomic E-state index is 0.284. The van der Waals surface area contributed by atoms with Gasteiger partial charge in [0.2, 0.25) is 0 Å². The fourth-order valence-electron chi connectivity index (χ4n) is 4.11. The Kier molecular flexibility index (Phi) is 9.84. The molecule has 0 bridgehead atoms. The molecule has 0 spiro atoms. The maximum atomic E-state index is 5.98. The van der Waals surface area contributed by atoms with Crippen LogP contribution in [0, 0.1) is 5.92 Å². The first-order valence-corrected chi connectivity index (χ1v) is 12.5. The number of aliphatic imine (C=N–C) groups is 1. The van der Waals surface area contributed by atoms with Crippen LogP contribution >= 0.6 is 0 Å². The van der Waals surface area contributed by atoms with Gasteiger partial charge >= 0.3 is 0 Å². The zero-order chi connectivity index (χ0) is 24.8. The summed E-state index contributed by atoms with van der Waals surface area (Å²) < 4.78 is 5.43. The molecule has 2 aliphatic rings. The van der Waals surface area contributed by atoms with Crippen LogP contribution in [0.25, 0.3) is 11.6 Å². The average molecular weight is 482 g/mol. The van der Waals surface area contributed by atoms with Gasteiger partial charge in [0.25, 0.3) is 0 Å². The summed E-state index contributed by atoms with van der Waals surface area (Å²) in [5.74, 6) is 0.284. The number of ether oxygens (including phenoxy) is 1. The van der Waals surface area contributed by atoms with E-state index in [1.807, 2.05) is 30.8 Å². The molecule has 0 amide bonds. The van der Waals surface area contributed by atoms with Crippen LogP contribution in [0.5, 0.6) is 0 Å². The second-order valence-corrected chi connectivity index (χ2v) is 8.78. The average Bonchev–Trinajstić information content (AvgIpc) is 2.90. The Bertz CT molecular complexity index is 1140. The molecule has 1 atom stereocenters. The first kappa shape index (κ1) is 25.4. The standard InChI is InChI=1S/C30H35N5O/c31-20-28(23-33-21-25-6-4-2-1-3-5-7-25)30-13-14-32-22-27(30)12-15-34-29-10-8-26(9-11-29)24-35-16-18-36-19-17-35/h1-2,4-15,20,22-23,25,34H,3,16-19,21,24,31H2/b2-1-,6-4?,7-5?,15-12+,28-20?,33-23?. The van der Waals surface area contributed by atoms with E-state index in [0.717, 1.165) is 61.7 Å². The lowest BCUT2D eigenvalue weighted by molar-refractivity contribution is 0.0342. The Morgan fingerprint density at radius 3 is 2.81 bits per heavy atom. The Balaban J connectivity index is 1.35. The van der Waals surface area contributed by atoms with Crippen molar-refractivity contribution in [1.29, 1.82) is 0 Å². The minimum Gasteiger partial charge on any atom is -0.404 e. The summed E-state index contributed by atoms with van der Waals surface area (Å²) in [6, 6.07) is 10.5. The predicted octanol–water partition coefficient (Wildman–Crippen LogP) is 5.06. The Labute approximate surface area is 214 Å². The number of nitrogens with two attached hydrogens (primary N) is 1. The van der Waals surface area contributed by atoms with Crippen molar-refractivity contribution >= 4 is 23.6 Å². The summed E-state index contributed by atoms with van der Waals surface area (Å²) in [6.45, 7) is 5.26. The normalized spacial score (nSPS) is 20.0. The molecule has 1 saturated heterocycles. The molecule has 186 valence electrons. The summed E-state index contributed by atoms with van der Waals surface area (Å²) in [5, 5.41) is 3.36. The highest BCUT2D eigenvalue weighted by molar-refractivity contribution is 6.10. The molecule has 1 fully saturated rings. The molecular weight excluding hydrogens is 446 g/mol. The molecule has 3 N–H and O–H groups in total. The van der Waals surface area contributed by atoms with Crippen LogP contribution in [0.1, 0.15) is 23.1 Å². The van der Waals surface area contributed by atoms with Crippen LogP contribution in [-0.4, -0.2) is 48.9 Å². The molecule has 1 aliphatic heterocycles. The third kappa shape index (κ3) is 7.90. The third-order valence-corrected chi connectivity index (χ3v) is 6.13. The number of nitrogens with one attached hydrogen (secondary N) is 1. The molecule has 1 aliphatic carbocycles. The van der Waals surface area contributed by atoms with Gasteiger partial charge in [-0.15, -0.1) is 0 Å². The smallest absolute Gasteiger partial charge is 0.0594 e. The fourth-order valence-corrected chi connectivity index (χ4v) is 4.11. The van der Waals surface area contributed by atoms with E-state index in [-0.39, 0.29) is 5.92 Å². The van der Waals surface area contributed by atoms with E-state index in [2.05, 4.69) is 80.9 Å². The highest BCUT2D eigenvalue weighted by Crippen LogP contribution is 2.19. The lowest BCUT2D eigenvalue weighted by Gasteiger charge is -2.26. The summed E-state index contributed by atoms with van der Waals surface area (Å²) in [7, 11) is 0. The lowest BCUT2D eigenvalue weighted by atomic mass is 10.0. The van der Waals surface area contributed by atoms with Crippen LogP contribution in [0.3, 0.4) is 0 Å². The molecule has 1 aromatic heterocycles. The quantitative estimate of drug-likeness (QED) is 0.387. The molecule has 2 heterocycles. The number of benzene rings is 1.